The molecule has 0 spiro atoms. The Morgan fingerprint density at radius 1 is 1.30 bits per heavy atom. The van der Waals surface area contributed by atoms with Gasteiger partial charge in [0, 0.05) is 12.5 Å². The first-order valence-electron chi connectivity index (χ1n) is 8.29. The molecule has 2 rings (SSSR count). The lowest BCUT2D eigenvalue weighted by atomic mass is 9.96. The Hall–Kier alpha value is -1.75. The summed E-state index contributed by atoms with van der Waals surface area (Å²) in [7, 11) is 3.73. The van der Waals surface area contributed by atoms with E-state index in [-0.39, 0.29) is 17.9 Å². The molecule has 0 atom stereocenters. The maximum atomic E-state index is 12.3. The number of piperidine rings is 1. The van der Waals surface area contributed by atoms with E-state index < -0.39 is 0 Å². The van der Waals surface area contributed by atoms with Crippen molar-refractivity contribution in [2.24, 2.45) is 5.92 Å². The summed E-state index contributed by atoms with van der Waals surface area (Å²) in [5.41, 5.74) is 1.01. The Morgan fingerprint density at radius 3 is 2.61 bits per heavy atom. The second kappa shape index (κ2) is 8.20. The Labute approximate surface area is 139 Å². The largest absolute Gasteiger partial charge is 0.493 e. The standard InChI is InChI=1S/C18H28N2O3/c1-13(2)23-16-6-5-14(11-17(16)22-4)12-19-18(21)15-7-9-20(3)10-8-15/h5-6,11,13,15H,7-10,12H2,1-4H3,(H,19,21). The van der Waals surface area contributed by atoms with Gasteiger partial charge in [0.05, 0.1) is 13.2 Å². The minimum Gasteiger partial charge on any atom is -0.493 e. The van der Waals surface area contributed by atoms with Crippen LogP contribution in [0, 0.1) is 5.92 Å². The lowest BCUT2D eigenvalue weighted by Crippen LogP contribution is -2.38. The van der Waals surface area contributed by atoms with Crippen LogP contribution < -0.4 is 14.8 Å². The van der Waals surface area contributed by atoms with Crippen molar-refractivity contribution in [3.8, 4) is 11.5 Å². The monoisotopic (exact) mass is 320 g/mol. The van der Waals surface area contributed by atoms with E-state index >= 15 is 0 Å². The van der Waals surface area contributed by atoms with Crippen LogP contribution in [0.3, 0.4) is 0 Å². The highest BCUT2D eigenvalue weighted by Gasteiger charge is 2.23. The maximum absolute atomic E-state index is 12.3. The number of benzene rings is 1. The van der Waals surface area contributed by atoms with Gasteiger partial charge in [-0.3, -0.25) is 4.79 Å². The zero-order valence-electron chi connectivity index (χ0n) is 14.6. The highest BCUT2D eigenvalue weighted by atomic mass is 16.5. The molecule has 128 valence electrons. The van der Waals surface area contributed by atoms with E-state index in [1.165, 1.54) is 0 Å². The van der Waals surface area contributed by atoms with Crippen molar-refractivity contribution in [2.45, 2.75) is 39.3 Å². The van der Waals surface area contributed by atoms with Crippen molar-refractivity contribution < 1.29 is 14.3 Å². The summed E-state index contributed by atoms with van der Waals surface area (Å²) in [6.45, 7) is 6.47. The third-order valence-corrected chi connectivity index (χ3v) is 4.15. The highest BCUT2D eigenvalue weighted by Crippen LogP contribution is 2.29. The van der Waals surface area contributed by atoms with E-state index in [0.717, 1.165) is 37.2 Å². The number of nitrogens with zero attached hydrogens (tertiary/aromatic N) is 1. The number of methoxy groups -OCH3 is 1. The number of hydrogen-bond donors (Lipinski definition) is 1. The molecule has 1 aliphatic heterocycles. The first kappa shape index (κ1) is 17.6. The second-order valence-electron chi connectivity index (χ2n) is 6.45. The molecule has 5 nitrogen and oxygen atoms in total. The minimum atomic E-state index is 0.0962. The second-order valence-corrected chi connectivity index (χ2v) is 6.45. The van der Waals surface area contributed by atoms with Gasteiger partial charge in [-0.1, -0.05) is 6.07 Å². The van der Waals surface area contributed by atoms with E-state index in [1.807, 2.05) is 32.0 Å². The molecule has 1 N–H and O–H groups in total. The number of rotatable bonds is 6. The van der Waals surface area contributed by atoms with Gasteiger partial charge in [0.1, 0.15) is 0 Å². The smallest absolute Gasteiger partial charge is 0.223 e. The lowest BCUT2D eigenvalue weighted by Gasteiger charge is -2.28. The topological polar surface area (TPSA) is 50.8 Å². The minimum absolute atomic E-state index is 0.0962. The third kappa shape index (κ3) is 5.13. The summed E-state index contributed by atoms with van der Waals surface area (Å²) < 4.78 is 11.1. The number of hydrogen-bond acceptors (Lipinski definition) is 4. The molecule has 1 heterocycles. The van der Waals surface area contributed by atoms with Crippen LogP contribution in [-0.4, -0.2) is 44.2 Å². The molecule has 0 unspecified atom stereocenters. The maximum Gasteiger partial charge on any atom is 0.223 e. The van der Waals surface area contributed by atoms with Gasteiger partial charge in [-0.05, 0) is 64.5 Å². The predicted molar refractivity (Wildman–Crippen MR) is 90.8 cm³/mol. The van der Waals surface area contributed by atoms with Crippen molar-refractivity contribution in [2.75, 3.05) is 27.2 Å². The van der Waals surface area contributed by atoms with E-state index in [9.17, 15) is 4.79 Å². The van der Waals surface area contributed by atoms with Crippen molar-refractivity contribution in [1.29, 1.82) is 0 Å². The van der Waals surface area contributed by atoms with Crippen molar-refractivity contribution in [3.05, 3.63) is 23.8 Å². The van der Waals surface area contributed by atoms with Crippen LogP contribution in [0.25, 0.3) is 0 Å². The van der Waals surface area contributed by atoms with Gasteiger partial charge >= 0.3 is 0 Å². The molecule has 0 radical (unpaired) electrons. The molecule has 23 heavy (non-hydrogen) atoms. The van der Waals surface area contributed by atoms with E-state index in [2.05, 4.69) is 17.3 Å². The average molecular weight is 320 g/mol. The highest BCUT2D eigenvalue weighted by molar-refractivity contribution is 5.78. The molecule has 1 aliphatic rings. The molecule has 1 amide bonds. The Morgan fingerprint density at radius 2 is 2.00 bits per heavy atom. The average Bonchev–Trinajstić information content (AvgIpc) is 2.53. The van der Waals surface area contributed by atoms with Gasteiger partial charge in [0.15, 0.2) is 11.5 Å². The van der Waals surface area contributed by atoms with Crippen LogP contribution in [0.1, 0.15) is 32.3 Å². The van der Waals surface area contributed by atoms with Gasteiger partial charge in [-0.15, -0.1) is 0 Å². The number of ether oxygens (including phenoxy) is 2. The molecular formula is C18H28N2O3. The van der Waals surface area contributed by atoms with Crippen LogP contribution in [-0.2, 0) is 11.3 Å². The van der Waals surface area contributed by atoms with Crippen molar-refractivity contribution in [1.82, 2.24) is 10.2 Å². The van der Waals surface area contributed by atoms with Gasteiger partial charge in [-0.25, -0.2) is 0 Å². The van der Waals surface area contributed by atoms with Crippen LogP contribution in [0.2, 0.25) is 0 Å². The number of nitrogens with one attached hydrogen (secondary N) is 1. The van der Waals surface area contributed by atoms with Crippen LogP contribution in [0.5, 0.6) is 11.5 Å². The SMILES string of the molecule is COc1cc(CNC(=O)C2CCN(C)CC2)ccc1OC(C)C. The van der Waals surface area contributed by atoms with Crippen molar-refractivity contribution >= 4 is 5.91 Å². The molecule has 1 aromatic rings. The molecule has 1 saturated heterocycles. The summed E-state index contributed by atoms with van der Waals surface area (Å²) in [4.78, 5) is 14.5. The number of likely N-dealkylation sites (tertiary alicyclic amines) is 1. The summed E-state index contributed by atoms with van der Waals surface area (Å²) in [5.74, 6) is 1.72. The zero-order chi connectivity index (χ0) is 16.8. The van der Waals surface area contributed by atoms with Crippen LogP contribution in [0.15, 0.2) is 18.2 Å². The van der Waals surface area contributed by atoms with Gasteiger partial charge in [0.25, 0.3) is 0 Å². The fourth-order valence-corrected chi connectivity index (χ4v) is 2.78. The number of carbonyl (C=O) groups excluding carboxylic acids is 1. The first-order chi connectivity index (χ1) is 11.0. The van der Waals surface area contributed by atoms with Crippen molar-refractivity contribution in [3.63, 3.8) is 0 Å². The summed E-state index contributed by atoms with van der Waals surface area (Å²) >= 11 is 0. The Bertz CT molecular complexity index is 523. The normalized spacial score (nSPS) is 16.4. The Balaban J connectivity index is 1.91. The lowest BCUT2D eigenvalue weighted by molar-refractivity contribution is -0.126. The summed E-state index contributed by atoms with van der Waals surface area (Å²) in [6.07, 6.45) is 1.97. The number of amides is 1. The molecule has 1 aromatic carbocycles. The fraction of sp³-hybridized carbons (Fsp3) is 0.611. The molecule has 0 aliphatic carbocycles. The van der Waals surface area contributed by atoms with E-state index in [4.69, 9.17) is 9.47 Å². The molecule has 0 aromatic heterocycles. The first-order valence-corrected chi connectivity index (χ1v) is 8.29. The molecule has 0 saturated carbocycles. The van der Waals surface area contributed by atoms with E-state index in [1.54, 1.807) is 7.11 Å². The fourth-order valence-electron chi connectivity index (χ4n) is 2.78. The van der Waals surface area contributed by atoms with E-state index in [0.29, 0.717) is 12.3 Å². The van der Waals surface area contributed by atoms with Crippen LogP contribution in [0.4, 0.5) is 0 Å². The quantitative estimate of drug-likeness (QED) is 0.875. The predicted octanol–water partition coefficient (Wildman–Crippen LogP) is 2.44. The third-order valence-electron chi connectivity index (χ3n) is 4.15. The number of carbonyl (C=O) groups is 1. The summed E-state index contributed by atoms with van der Waals surface area (Å²) in [5, 5.41) is 3.04. The van der Waals surface area contributed by atoms with Crippen LogP contribution >= 0.6 is 0 Å². The van der Waals surface area contributed by atoms with Gasteiger partial charge in [0.2, 0.25) is 5.91 Å². The molecular weight excluding hydrogens is 292 g/mol. The van der Waals surface area contributed by atoms with Gasteiger partial charge in [-0.2, -0.15) is 0 Å². The van der Waals surface area contributed by atoms with Gasteiger partial charge < -0.3 is 19.7 Å². The Kier molecular flexibility index (Phi) is 6.28. The molecule has 1 fully saturated rings. The molecule has 5 heteroatoms. The molecule has 0 bridgehead atoms. The summed E-state index contributed by atoms with van der Waals surface area (Å²) in [6, 6.07) is 5.79. The zero-order valence-corrected chi connectivity index (χ0v) is 14.6.